The number of methoxy groups -OCH3 is 1. The Morgan fingerprint density at radius 3 is 2.93 bits per heavy atom. The van der Waals surface area contributed by atoms with Crippen LogP contribution in [0.1, 0.15) is 5.69 Å². The molecular weight excluding hydrogens is 241 g/mol. The zero-order chi connectivity index (χ0) is 10.4. The van der Waals surface area contributed by atoms with Crippen molar-refractivity contribution in [2.45, 2.75) is 5.75 Å². The van der Waals surface area contributed by atoms with Gasteiger partial charge in [-0.1, -0.05) is 23.2 Å². The van der Waals surface area contributed by atoms with Crippen LogP contribution < -0.4 is 0 Å². The van der Waals surface area contributed by atoms with Crippen LogP contribution in [0.4, 0.5) is 0 Å². The van der Waals surface area contributed by atoms with Crippen molar-refractivity contribution in [1.82, 2.24) is 4.98 Å². The van der Waals surface area contributed by atoms with E-state index in [1.54, 1.807) is 31.1 Å². The van der Waals surface area contributed by atoms with Gasteiger partial charge in [0.15, 0.2) is 0 Å². The number of pyridine rings is 1. The van der Waals surface area contributed by atoms with Crippen LogP contribution in [0.3, 0.4) is 0 Å². The molecule has 5 heteroatoms. The summed E-state index contributed by atoms with van der Waals surface area (Å²) in [5, 5.41) is 1.20. The third kappa shape index (κ3) is 4.05. The van der Waals surface area contributed by atoms with Crippen molar-refractivity contribution in [3.8, 4) is 0 Å². The Kier molecular flexibility index (Phi) is 5.63. The van der Waals surface area contributed by atoms with Gasteiger partial charge in [0.1, 0.15) is 0 Å². The van der Waals surface area contributed by atoms with Gasteiger partial charge in [0.25, 0.3) is 0 Å². The van der Waals surface area contributed by atoms with E-state index in [1.165, 1.54) is 0 Å². The van der Waals surface area contributed by atoms with Crippen molar-refractivity contribution >= 4 is 35.0 Å². The van der Waals surface area contributed by atoms with E-state index in [0.717, 1.165) is 23.8 Å². The molecule has 2 nitrogen and oxygen atoms in total. The predicted molar refractivity (Wildman–Crippen MR) is 62.3 cm³/mol. The van der Waals surface area contributed by atoms with Gasteiger partial charge in [-0.25, -0.2) is 0 Å². The molecule has 0 aromatic carbocycles. The molecule has 78 valence electrons. The normalized spacial score (nSPS) is 10.5. The molecule has 0 saturated heterocycles. The molecule has 0 unspecified atom stereocenters. The van der Waals surface area contributed by atoms with Gasteiger partial charge in [0.05, 0.1) is 22.3 Å². The lowest BCUT2D eigenvalue weighted by Crippen LogP contribution is -1.94. The van der Waals surface area contributed by atoms with Crippen molar-refractivity contribution in [1.29, 1.82) is 0 Å². The number of rotatable bonds is 5. The third-order valence-corrected chi connectivity index (χ3v) is 3.02. The van der Waals surface area contributed by atoms with E-state index in [4.69, 9.17) is 27.9 Å². The van der Waals surface area contributed by atoms with Crippen LogP contribution in [0.15, 0.2) is 12.3 Å². The molecule has 0 aliphatic rings. The van der Waals surface area contributed by atoms with Gasteiger partial charge in [-0.2, -0.15) is 11.8 Å². The molecule has 0 saturated carbocycles. The van der Waals surface area contributed by atoms with E-state index < -0.39 is 0 Å². The van der Waals surface area contributed by atoms with Crippen LogP contribution in [-0.4, -0.2) is 24.5 Å². The van der Waals surface area contributed by atoms with E-state index in [9.17, 15) is 0 Å². The molecular formula is C9H11Cl2NOS. The van der Waals surface area contributed by atoms with E-state index in [1.807, 2.05) is 0 Å². The van der Waals surface area contributed by atoms with Crippen molar-refractivity contribution in [2.75, 3.05) is 19.5 Å². The monoisotopic (exact) mass is 251 g/mol. The molecule has 0 bridgehead atoms. The lowest BCUT2D eigenvalue weighted by atomic mass is 10.4. The molecule has 0 amide bonds. The van der Waals surface area contributed by atoms with Gasteiger partial charge in [-0.3, -0.25) is 4.98 Å². The van der Waals surface area contributed by atoms with Gasteiger partial charge >= 0.3 is 0 Å². The second kappa shape index (κ2) is 6.51. The smallest absolute Gasteiger partial charge is 0.0689 e. The van der Waals surface area contributed by atoms with Crippen LogP contribution in [0.5, 0.6) is 0 Å². The Morgan fingerprint density at radius 2 is 2.29 bits per heavy atom. The van der Waals surface area contributed by atoms with Crippen molar-refractivity contribution in [3.63, 3.8) is 0 Å². The third-order valence-electron chi connectivity index (χ3n) is 1.55. The topological polar surface area (TPSA) is 22.1 Å². The summed E-state index contributed by atoms with van der Waals surface area (Å²) in [7, 11) is 1.69. The summed E-state index contributed by atoms with van der Waals surface area (Å²) in [5.41, 5.74) is 0.872. The lowest BCUT2D eigenvalue weighted by molar-refractivity contribution is 0.218. The van der Waals surface area contributed by atoms with Gasteiger partial charge < -0.3 is 4.74 Å². The number of hydrogen-bond acceptors (Lipinski definition) is 3. The SMILES string of the molecule is COCCSCc1ncc(Cl)cc1Cl. The van der Waals surface area contributed by atoms with E-state index in [2.05, 4.69) is 4.98 Å². The summed E-state index contributed by atoms with van der Waals surface area (Å²) < 4.78 is 4.93. The second-order valence-electron chi connectivity index (χ2n) is 2.63. The lowest BCUT2D eigenvalue weighted by Gasteiger charge is -2.03. The second-order valence-corrected chi connectivity index (χ2v) is 4.58. The van der Waals surface area contributed by atoms with Crippen LogP contribution in [-0.2, 0) is 10.5 Å². The number of hydrogen-bond donors (Lipinski definition) is 0. The molecule has 1 heterocycles. The van der Waals surface area contributed by atoms with Crippen molar-refractivity contribution in [3.05, 3.63) is 28.0 Å². The number of halogens is 2. The van der Waals surface area contributed by atoms with E-state index >= 15 is 0 Å². The minimum absolute atomic E-state index is 0.570. The first-order chi connectivity index (χ1) is 6.74. The molecule has 0 aliphatic carbocycles. The average Bonchev–Trinajstić information content (AvgIpc) is 2.15. The van der Waals surface area contributed by atoms with Gasteiger partial charge in [-0.05, 0) is 6.07 Å². The summed E-state index contributed by atoms with van der Waals surface area (Å²) in [6.07, 6.45) is 1.61. The van der Waals surface area contributed by atoms with E-state index in [-0.39, 0.29) is 0 Å². The molecule has 0 fully saturated rings. The number of ether oxygens (including phenoxy) is 1. The predicted octanol–water partition coefficient (Wildman–Crippen LogP) is 3.27. The van der Waals surface area contributed by atoms with Gasteiger partial charge in [0.2, 0.25) is 0 Å². The number of thioether (sulfide) groups is 1. The molecule has 0 atom stereocenters. The standard InChI is InChI=1S/C9H11Cl2NOS/c1-13-2-3-14-6-9-8(11)4-7(10)5-12-9/h4-5H,2-3,6H2,1H3. The van der Waals surface area contributed by atoms with Crippen molar-refractivity contribution in [2.24, 2.45) is 0 Å². The molecule has 0 radical (unpaired) electrons. The number of aromatic nitrogens is 1. The van der Waals surface area contributed by atoms with Gasteiger partial charge in [0, 0.05) is 24.8 Å². The maximum absolute atomic E-state index is 5.95. The van der Waals surface area contributed by atoms with Crippen LogP contribution in [0.25, 0.3) is 0 Å². The maximum atomic E-state index is 5.95. The molecule has 0 spiro atoms. The van der Waals surface area contributed by atoms with Gasteiger partial charge in [-0.15, -0.1) is 0 Å². The molecule has 0 aliphatic heterocycles. The highest BCUT2D eigenvalue weighted by Gasteiger charge is 2.02. The fraction of sp³-hybridized carbons (Fsp3) is 0.444. The minimum atomic E-state index is 0.570. The van der Waals surface area contributed by atoms with E-state index in [0.29, 0.717) is 10.0 Å². The molecule has 14 heavy (non-hydrogen) atoms. The first-order valence-corrected chi connectivity index (χ1v) is 6.01. The van der Waals surface area contributed by atoms with Crippen molar-refractivity contribution < 1.29 is 4.74 Å². The average molecular weight is 252 g/mol. The van der Waals surface area contributed by atoms with Crippen LogP contribution in [0, 0.1) is 0 Å². The largest absolute Gasteiger partial charge is 0.384 e. The Labute approximate surface area is 98.0 Å². The Morgan fingerprint density at radius 1 is 1.50 bits per heavy atom. The first-order valence-electron chi connectivity index (χ1n) is 4.10. The Balaban J connectivity index is 2.42. The minimum Gasteiger partial charge on any atom is -0.384 e. The highest BCUT2D eigenvalue weighted by Crippen LogP contribution is 2.22. The summed E-state index contributed by atoms with van der Waals surface area (Å²) in [6, 6.07) is 1.71. The van der Waals surface area contributed by atoms with Crippen LogP contribution >= 0.6 is 35.0 Å². The zero-order valence-corrected chi connectivity index (χ0v) is 10.1. The summed E-state index contributed by atoms with van der Waals surface area (Å²) in [4.78, 5) is 4.15. The number of nitrogens with zero attached hydrogens (tertiary/aromatic N) is 1. The fourth-order valence-electron chi connectivity index (χ4n) is 0.860. The quantitative estimate of drug-likeness (QED) is 0.751. The molecule has 1 rings (SSSR count). The molecule has 1 aromatic rings. The summed E-state index contributed by atoms with van der Waals surface area (Å²) >= 11 is 13.4. The first kappa shape index (κ1) is 12.1. The zero-order valence-electron chi connectivity index (χ0n) is 7.80. The Hall–Kier alpha value is 0.0400. The fourth-order valence-corrected chi connectivity index (χ4v) is 2.24. The molecule has 1 aromatic heterocycles. The Bertz CT molecular complexity index is 296. The van der Waals surface area contributed by atoms with Crippen LogP contribution in [0.2, 0.25) is 10.0 Å². The molecule has 0 N–H and O–H groups in total. The summed E-state index contributed by atoms with van der Waals surface area (Å²) in [6.45, 7) is 0.746. The highest BCUT2D eigenvalue weighted by atomic mass is 35.5. The highest BCUT2D eigenvalue weighted by molar-refractivity contribution is 7.98. The maximum Gasteiger partial charge on any atom is 0.0689 e. The summed E-state index contributed by atoms with van der Waals surface area (Å²) in [5.74, 6) is 1.73.